The monoisotopic (exact) mass is 238 g/mol. The Balaban J connectivity index is 2.30. The Morgan fingerprint density at radius 1 is 0.889 bits per heavy atom. The predicted molar refractivity (Wildman–Crippen MR) is 71.5 cm³/mol. The first kappa shape index (κ1) is 10.7. The van der Waals surface area contributed by atoms with E-state index in [0.717, 1.165) is 16.5 Å². The van der Waals surface area contributed by atoms with Gasteiger partial charge in [0, 0.05) is 23.5 Å². The number of fused-ring (bicyclic) bond motifs is 1. The van der Waals surface area contributed by atoms with Crippen molar-refractivity contribution in [1.82, 2.24) is 4.98 Å². The van der Waals surface area contributed by atoms with Gasteiger partial charge in [-0.1, -0.05) is 18.2 Å². The third kappa shape index (κ3) is 1.70. The van der Waals surface area contributed by atoms with E-state index < -0.39 is 0 Å². The van der Waals surface area contributed by atoms with E-state index in [4.69, 9.17) is 5.73 Å². The van der Waals surface area contributed by atoms with Gasteiger partial charge in [-0.3, -0.25) is 4.98 Å². The van der Waals surface area contributed by atoms with E-state index in [2.05, 4.69) is 4.98 Å². The molecule has 0 aliphatic carbocycles. The highest BCUT2D eigenvalue weighted by atomic mass is 19.1. The van der Waals surface area contributed by atoms with E-state index in [-0.39, 0.29) is 5.82 Å². The molecule has 0 aliphatic rings. The molecule has 0 saturated carbocycles. The van der Waals surface area contributed by atoms with Crippen molar-refractivity contribution in [3.8, 4) is 11.1 Å². The fourth-order valence-electron chi connectivity index (χ4n) is 2.07. The molecule has 1 aromatic heterocycles. The van der Waals surface area contributed by atoms with Crippen LogP contribution in [0.2, 0.25) is 0 Å². The molecule has 0 radical (unpaired) electrons. The fraction of sp³-hybridized carbons (Fsp3) is 0. The molecule has 2 N–H and O–H groups in total. The number of anilines is 1. The summed E-state index contributed by atoms with van der Waals surface area (Å²) < 4.78 is 13.7. The number of hydrogen-bond acceptors (Lipinski definition) is 2. The summed E-state index contributed by atoms with van der Waals surface area (Å²) in [6.07, 6.45) is 3.22. The van der Waals surface area contributed by atoms with E-state index in [9.17, 15) is 4.39 Å². The molecule has 3 heteroatoms. The normalized spacial score (nSPS) is 10.7. The van der Waals surface area contributed by atoms with Crippen LogP contribution in [0.25, 0.3) is 21.9 Å². The quantitative estimate of drug-likeness (QED) is 0.657. The summed E-state index contributed by atoms with van der Waals surface area (Å²) >= 11 is 0. The summed E-state index contributed by atoms with van der Waals surface area (Å²) in [5.74, 6) is -0.253. The van der Waals surface area contributed by atoms with Crippen LogP contribution in [-0.4, -0.2) is 4.98 Å². The summed E-state index contributed by atoms with van der Waals surface area (Å²) in [6, 6.07) is 12.6. The van der Waals surface area contributed by atoms with Gasteiger partial charge in [-0.15, -0.1) is 0 Å². The number of pyridine rings is 1. The lowest BCUT2D eigenvalue weighted by atomic mass is 9.99. The first-order valence-corrected chi connectivity index (χ1v) is 5.64. The molecule has 0 aliphatic heterocycles. The largest absolute Gasteiger partial charge is 0.399 e. The van der Waals surface area contributed by atoms with E-state index in [1.807, 2.05) is 30.3 Å². The zero-order chi connectivity index (χ0) is 12.5. The summed E-state index contributed by atoms with van der Waals surface area (Å²) in [7, 11) is 0. The lowest BCUT2D eigenvalue weighted by molar-refractivity contribution is 0.639. The molecule has 0 saturated heterocycles. The van der Waals surface area contributed by atoms with Gasteiger partial charge in [0.2, 0.25) is 0 Å². The number of rotatable bonds is 1. The van der Waals surface area contributed by atoms with Crippen LogP contribution < -0.4 is 5.73 Å². The van der Waals surface area contributed by atoms with Crippen molar-refractivity contribution in [1.29, 1.82) is 0 Å². The van der Waals surface area contributed by atoms with Crippen LogP contribution >= 0.6 is 0 Å². The Morgan fingerprint density at radius 3 is 2.44 bits per heavy atom. The van der Waals surface area contributed by atoms with Crippen LogP contribution in [0.3, 0.4) is 0 Å². The van der Waals surface area contributed by atoms with Crippen LogP contribution in [0.5, 0.6) is 0 Å². The van der Waals surface area contributed by atoms with Crippen molar-refractivity contribution in [2.45, 2.75) is 0 Å². The molecule has 0 fully saturated rings. The van der Waals surface area contributed by atoms with Crippen LogP contribution in [0.15, 0.2) is 54.9 Å². The van der Waals surface area contributed by atoms with Gasteiger partial charge < -0.3 is 5.73 Å². The minimum absolute atomic E-state index is 0.253. The predicted octanol–water partition coefficient (Wildman–Crippen LogP) is 3.62. The summed E-state index contributed by atoms with van der Waals surface area (Å²) in [5, 5.41) is 1.39. The van der Waals surface area contributed by atoms with Gasteiger partial charge >= 0.3 is 0 Å². The molecule has 0 spiro atoms. The standard InChI is InChI=1S/C15H11FN2/c16-15-6-5-12(10-1-3-11(17)4-2-10)13-7-8-18-9-14(13)15/h1-9H,17H2. The van der Waals surface area contributed by atoms with Crippen LogP contribution in [0.1, 0.15) is 0 Å². The number of hydrogen-bond donors (Lipinski definition) is 1. The zero-order valence-corrected chi connectivity index (χ0v) is 9.60. The van der Waals surface area contributed by atoms with Gasteiger partial charge in [0.1, 0.15) is 5.82 Å². The van der Waals surface area contributed by atoms with Gasteiger partial charge in [-0.05, 0) is 40.8 Å². The smallest absolute Gasteiger partial charge is 0.132 e. The average molecular weight is 238 g/mol. The second kappa shape index (κ2) is 4.11. The first-order valence-electron chi connectivity index (χ1n) is 5.64. The zero-order valence-electron chi connectivity index (χ0n) is 9.60. The molecule has 3 rings (SSSR count). The Morgan fingerprint density at radius 2 is 1.67 bits per heavy atom. The van der Waals surface area contributed by atoms with E-state index >= 15 is 0 Å². The van der Waals surface area contributed by atoms with Gasteiger partial charge in [0.25, 0.3) is 0 Å². The van der Waals surface area contributed by atoms with E-state index in [1.54, 1.807) is 18.5 Å². The topological polar surface area (TPSA) is 38.9 Å². The SMILES string of the molecule is Nc1ccc(-c2ccc(F)c3cnccc23)cc1. The molecule has 3 aromatic rings. The van der Waals surface area contributed by atoms with Crippen molar-refractivity contribution >= 4 is 16.5 Å². The van der Waals surface area contributed by atoms with Crippen molar-refractivity contribution in [3.05, 3.63) is 60.7 Å². The Bertz CT molecular complexity index is 705. The molecule has 0 bridgehead atoms. The third-order valence-corrected chi connectivity index (χ3v) is 2.99. The Hall–Kier alpha value is -2.42. The van der Waals surface area contributed by atoms with Crippen molar-refractivity contribution in [3.63, 3.8) is 0 Å². The lowest BCUT2D eigenvalue weighted by Gasteiger charge is -2.07. The second-order valence-corrected chi connectivity index (χ2v) is 4.14. The molecule has 2 aromatic carbocycles. The van der Waals surface area contributed by atoms with Gasteiger partial charge in [-0.25, -0.2) is 4.39 Å². The number of nitrogen functional groups attached to an aromatic ring is 1. The molecule has 2 nitrogen and oxygen atoms in total. The second-order valence-electron chi connectivity index (χ2n) is 4.14. The first-order chi connectivity index (χ1) is 8.75. The van der Waals surface area contributed by atoms with Crippen LogP contribution in [0.4, 0.5) is 10.1 Å². The highest BCUT2D eigenvalue weighted by molar-refractivity contribution is 5.96. The molecule has 0 atom stereocenters. The Kier molecular flexibility index (Phi) is 2.45. The summed E-state index contributed by atoms with van der Waals surface area (Å²) in [6.45, 7) is 0. The van der Waals surface area contributed by atoms with Crippen molar-refractivity contribution in [2.24, 2.45) is 0 Å². The summed E-state index contributed by atoms with van der Waals surface area (Å²) in [4.78, 5) is 3.96. The maximum absolute atomic E-state index is 13.7. The molecule has 0 unspecified atom stereocenters. The number of halogens is 1. The number of aromatic nitrogens is 1. The van der Waals surface area contributed by atoms with Crippen molar-refractivity contribution < 1.29 is 4.39 Å². The molecule has 18 heavy (non-hydrogen) atoms. The fourth-order valence-corrected chi connectivity index (χ4v) is 2.07. The third-order valence-electron chi connectivity index (χ3n) is 2.99. The molecule has 0 amide bonds. The highest BCUT2D eigenvalue weighted by Gasteiger charge is 2.07. The average Bonchev–Trinajstić information content (AvgIpc) is 2.41. The minimum atomic E-state index is -0.253. The summed E-state index contributed by atoms with van der Waals surface area (Å²) in [5.41, 5.74) is 8.38. The van der Waals surface area contributed by atoms with Gasteiger partial charge in [-0.2, -0.15) is 0 Å². The van der Waals surface area contributed by atoms with Crippen LogP contribution in [-0.2, 0) is 0 Å². The maximum atomic E-state index is 13.7. The number of nitrogens with zero attached hydrogens (tertiary/aromatic N) is 1. The molecular formula is C15H11FN2. The molecule has 1 heterocycles. The Labute approximate surface area is 104 Å². The van der Waals surface area contributed by atoms with E-state index in [0.29, 0.717) is 11.1 Å². The van der Waals surface area contributed by atoms with Crippen molar-refractivity contribution in [2.75, 3.05) is 5.73 Å². The highest BCUT2D eigenvalue weighted by Crippen LogP contribution is 2.30. The van der Waals surface area contributed by atoms with Gasteiger partial charge in [0.05, 0.1) is 0 Å². The minimum Gasteiger partial charge on any atom is -0.399 e. The van der Waals surface area contributed by atoms with Gasteiger partial charge in [0.15, 0.2) is 0 Å². The number of benzene rings is 2. The lowest BCUT2D eigenvalue weighted by Crippen LogP contribution is -1.87. The molecule has 88 valence electrons. The van der Waals surface area contributed by atoms with E-state index in [1.165, 1.54) is 6.07 Å². The maximum Gasteiger partial charge on any atom is 0.132 e. The number of nitrogens with two attached hydrogens (primary N) is 1. The molecular weight excluding hydrogens is 227 g/mol. The van der Waals surface area contributed by atoms with Crippen LogP contribution in [0, 0.1) is 5.82 Å².